The molecule has 138 valence electrons. The quantitative estimate of drug-likeness (QED) is 0.710. The van der Waals surface area contributed by atoms with Crippen molar-refractivity contribution in [2.24, 2.45) is 0 Å². The summed E-state index contributed by atoms with van der Waals surface area (Å²) in [7, 11) is -1.18. The number of hydrogen-bond acceptors (Lipinski definition) is 5. The fourth-order valence-electron chi connectivity index (χ4n) is 2.22. The number of ether oxygens (including phenoxy) is 1. The van der Waals surface area contributed by atoms with Gasteiger partial charge < -0.3 is 15.4 Å². The van der Waals surface area contributed by atoms with Crippen molar-refractivity contribution in [1.29, 1.82) is 0 Å². The third-order valence-corrected chi connectivity index (χ3v) is 4.86. The second kappa shape index (κ2) is 7.98. The van der Waals surface area contributed by atoms with E-state index in [0.29, 0.717) is 11.4 Å². The number of rotatable bonds is 6. The number of carbonyl (C=O) groups is 2. The third-order valence-electron chi connectivity index (χ3n) is 3.42. The Labute approximate surface area is 151 Å². The summed E-state index contributed by atoms with van der Waals surface area (Å²) in [6.45, 7) is 1.38. The minimum Gasteiger partial charge on any atom is -0.495 e. The Bertz CT molecular complexity index is 941. The van der Waals surface area contributed by atoms with Crippen LogP contribution in [0.1, 0.15) is 17.3 Å². The molecule has 2 aromatic carbocycles. The van der Waals surface area contributed by atoms with Gasteiger partial charge in [-0.25, -0.2) is 13.1 Å². The van der Waals surface area contributed by atoms with Gasteiger partial charge in [0.2, 0.25) is 15.9 Å². The molecule has 3 N–H and O–H groups in total. The lowest BCUT2D eigenvalue weighted by Crippen LogP contribution is -2.20. The van der Waals surface area contributed by atoms with E-state index in [0.717, 1.165) is 0 Å². The lowest BCUT2D eigenvalue weighted by atomic mass is 10.2. The first-order valence-electron chi connectivity index (χ1n) is 7.57. The summed E-state index contributed by atoms with van der Waals surface area (Å²) in [6, 6.07) is 10.7. The molecule has 0 saturated heterocycles. The average Bonchev–Trinajstić information content (AvgIpc) is 2.60. The molecule has 0 aliphatic rings. The summed E-state index contributed by atoms with van der Waals surface area (Å²) < 4.78 is 31.4. The zero-order chi connectivity index (χ0) is 19.3. The van der Waals surface area contributed by atoms with Crippen LogP contribution in [-0.2, 0) is 14.8 Å². The van der Waals surface area contributed by atoms with E-state index in [1.54, 1.807) is 24.3 Å². The van der Waals surface area contributed by atoms with Crippen molar-refractivity contribution in [2.75, 3.05) is 24.8 Å². The highest BCUT2D eigenvalue weighted by Gasteiger charge is 2.20. The van der Waals surface area contributed by atoms with Gasteiger partial charge in [-0.15, -0.1) is 0 Å². The molecule has 0 heterocycles. The Balaban J connectivity index is 2.30. The highest BCUT2D eigenvalue weighted by atomic mass is 32.2. The molecule has 2 rings (SSSR count). The van der Waals surface area contributed by atoms with E-state index in [4.69, 9.17) is 4.74 Å². The number of hydrogen-bond donors (Lipinski definition) is 3. The van der Waals surface area contributed by atoms with Crippen LogP contribution in [0.25, 0.3) is 0 Å². The molecule has 0 spiro atoms. The SMILES string of the molecule is CNS(=O)(=O)c1cc(C(=O)Nc2cccc(NC(C)=O)c2)ccc1OC. The predicted octanol–water partition coefficient (Wildman–Crippen LogP) is 1.81. The molecule has 26 heavy (non-hydrogen) atoms. The Kier molecular flexibility index (Phi) is 5.96. The second-order valence-corrected chi connectivity index (χ2v) is 7.14. The van der Waals surface area contributed by atoms with E-state index in [1.807, 2.05) is 0 Å². The minimum absolute atomic E-state index is 0.128. The van der Waals surface area contributed by atoms with Crippen molar-refractivity contribution in [3.05, 3.63) is 48.0 Å². The number of amides is 2. The number of carbonyl (C=O) groups excluding carboxylic acids is 2. The van der Waals surface area contributed by atoms with Crippen LogP contribution in [0.15, 0.2) is 47.4 Å². The van der Waals surface area contributed by atoms with Crippen LogP contribution in [0.4, 0.5) is 11.4 Å². The van der Waals surface area contributed by atoms with Gasteiger partial charge in [-0.3, -0.25) is 9.59 Å². The predicted molar refractivity (Wildman–Crippen MR) is 97.9 cm³/mol. The first kappa shape index (κ1) is 19.4. The highest BCUT2D eigenvalue weighted by molar-refractivity contribution is 7.89. The van der Waals surface area contributed by atoms with Crippen LogP contribution >= 0.6 is 0 Å². The van der Waals surface area contributed by atoms with Crippen molar-refractivity contribution in [1.82, 2.24) is 4.72 Å². The van der Waals surface area contributed by atoms with Crippen molar-refractivity contribution >= 4 is 33.2 Å². The largest absolute Gasteiger partial charge is 0.495 e. The van der Waals surface area contributed by atoms with Gasteiger partial charge in [-0.2, -0.15) is 0 Å². The van der Waals surface area contributed by atoms with Gasteiger partial charge >= 0.3 is 0 Å². The second-order valence-electron chi connectivity index (χ2n) is 5.29. The molecule has 0 bridgehead atoms. The van der Waals surface area contributed by atoms with Gasteiger partial charge in [-0.05, 0) is 43.4 Å². The number of benzene rings is 2. The Morgan fingerprint density at radius 2 is 1.65 bits per heavy atom. The summed E-state index contributed by atoms with van der Waals surface area (Å²) in [5.41, 5.74) is 1.13. The first-order chi connectivity index (χ1) is 12.3. The lowest BCUT2D eigenvalue weighted by molar-refractivity contribution is -0.114. The molecule has 0 atom stereocenters. The standard InChI is InChI=1S/C17H19N3O5S/c1-11(21)19-13-5-4-6-14(10-13)20-17(22)12-7-8-15(25-3)16(9-12)26(23,24)18-2/h4-10,18H,1-3H3,(H,19,21)(H,20,22). The molecular formula is C17H19N3O5S. The summed E-state index contributed by atoms with van der Waals surface area (Å²) in [5, 5.41) is 5.28. The Morgan fingerprint density at radius 1 is 1.00 bits per heavy atom. The minimum atomic E-state index is -3.79. The fraction of sp³-hybridized carbons (Fsp3) is 0.176. The monoisotopic (exact) mass is 377 g/mol. The van der Waals surface area contributed by atoms with E-state index in [9.17, 15) is 18.0 Å². The van der Waals surface area contributed by atoms with Gasteiger partial charge in [0.05, 0.1) is 7.11 Å². The van der Waals surface area contributed by atoms with Gasteiger partial charge in [0.1, 0.15) is 10.6 Å². The molecule has 0 aliphatic carbocycles. The normalized spacial score (nSPS) is 10.9. The van der Waals surface area contributed by atoms with E-state index in [1.165, 1.54) is 39.3 Å². The molecule has 8 nitrogen and oxygen atoms in total. The molecule has 0 saturated carbocycles. The maximum absolute atomic E-state index is 12.5. The Morgan fingerprint density at radius 3 is 2.23 bits per heavy atom. The van der Waals surface area contributed by atoms with E-state index < -0.39 is 15.9 Å². The number of methoxy groups -OCH3 is 1. The summed E-state index contributed by atoms with van der Waals surface area (Å²) in [6.07, 6.45) is 0. The van der Waals surface area contributed by atoms with Crippen LogP contribution in [0.2, 0.25) is 0 Å². The number of nitrogens with one attached hydrogen (secondary N) is 3. The maximum Gasteiger partial charge on any atom is 0.255 e. The molecule has 2 aromatic rings. The molecule has 0 radical (unpaired) electrons. The van der Waals surface area contributed by atoms with Crippen LogP contribution < -0.4 is 20.1 Å². The van der Waals surface area contributed by atoms with Crippen LogP contribution in [0.3, 0.4) is 0 Å². The Hall–Kier alpha value is -2.91. The van der Waals surface area contributed by atoms with Gasteiger partial charge in [-0.1, -0.05) is 6.07 Å². The molecular weight excluding hydrogens is 358 g/mol. The van der Waals surface area contributed by atoms with Crippen molar-refractivity contribution < 1.29 is 22.7 Å². The van der Waals surface area contributed by atoms with Crippen LogP contribution in [0, 0.1) is 0 Å². The zero-order valence-corrected chi connectivity index (χ0v) is 15.3. The molecule has 2 amide bonds. The number of sulfonamides is 1. The van der Waals surface area contributed by atoms with Crippen LogP contribution in [-0.4, -0.2) is 34.4 Å². The van der Waals surface area contributed by atoms with Crippen molar-refractivity contribution in [3.8, 4) is 5.75 Å². The molecule has 0 aliphatic heterocycles. The molecule has 0 unspecified atom stereocenters. The van der Waals surface area contributed by atoms with Gasteiger partial charge in [0.25, 0.3) is 5.91 Å². The summed E-state index contributed by atoms with van der Waals surface area (Å²) in [4.78, 5) is 23.4. The van der Waals surface area contributed by atoms with Crippen molar-refractivity contribution in [3.63, 3.8) is 0 Å². The molecule has 0 fully saturated rings. The third kappa shape index (κ3) is 4.58. The first-order valence-corrected chi connectivity index (χ1v) is 9.05. The van der Waals surface area contributed by atoms with Gasteiger partial charge in [0, 0.05) is 23.9 Å². The fourth-order valence-corrected chi connectivity index (χ4v) is 3.14. The van der Waals surface area contributed by atoms with Crippen LogP contribution in [0.5, 0.6) is 5.75 Å². The topological polar surface area (TPSA) is 114 Å². The number of anilines is 2. The summed E-state index contributed by atoms with van der Waals surface area (Å²) in [5.74, 6) is -0.603. The molecule has 9 heteroatoms. The van der Waals surface area contributed by atoms with Crippen molar-refractivity contribution in [2.45, 2.75) is 11.8 Å². The maximum atomic E-state index is 12.5. The molecule has 0 aromatic heterocycles. The highest BCUT2D eigenvalue weighted by Crippen LogP contribution is 2.25. The zero-order valence-electron chi connectivity index (χ0n) is 14.5. The van der Waals surface area contributed by atoms with Gasteiger partial charge in [0.15, 0.2) is 0 Å². The van der Waals surface area contributed by atoms with E-state index in [-0.39, 0.29) is 22.1 Å². The lowest BCUT2D eigenvalue weighted by Gasteiger charge is -2.12. The van der Waals surface area contributed by atoms with E-state index in [2.05, 4.69) is 15.4 Å². The summed E-state index contributed by atoms with van der Waals surface area (Å²) >= 11 is 0. The average molecular weight is 377 g/mol. The smallest absolute Gasteiger partial charge is 0.255 e. The van der Waals surface area contributed by atoms with E-state index >= 15 is 0 Å².